The van der Waals surface area contributed by atoms with Crippen LogP contribution in [0, 0.1) is 5.92 Å². The number of fused-ring (bicyclic) bond motifs is 2. The van der Waals surface area contributed by atoms with Gasteiger partial charge in [-0.1, -0.05) is 11.6 Å². The number of ether oxygens (including phenoxy) is 1. The molecule has 0 amide bonds. The zero-order chi connectivity index (χ0) is 15.8. The molecule has 126 valence electrons. The van der Waals surface area contributed by atoms with Gasteiger partial charge in [-0.25, -0.2) is 0 Å². The highest BCUT2D eigenvalue weighted by molar-refractivity contribution is 6.30. The Morgan fingerprint density at radius 2 is 1.91 bits per heavy atom. The lowest BCUT2D eigenvalue weighted by Crippen LogP contribution is -2.46. The summed E-state index contributed by atoms with van der Waals surface area (Å²) in [5.74, 6) is 1.79. The third-order valence-electron chi connectivity index (χ3n) is 5.69. The molecule has 2 saturated heterocycles. The van der Waals surface area contributed by atoms with E-state index >= 15 is 0 Å². The van der Waals surface area contributed by atoms with Gasteiger partial charge in [0, 0.05) is 35.3 Å². The van der Waals surface area contributed by atoms with Crippen molar-refractivity contribution < 1.29 is 4.74 Å². The number of hydrogen-bond acceptors (Lipinski definition) is 3. The van der Waals surface area contributed by atoms with Crippen LogP contribution in [-0.4, -0.2) is 36.7 Å². The third-order valence-corrected chi connectivity index (χ3v) is 5.92. The van der Waals surface area contributed by atoms with E-state index in [-0.39, 0.29) is 0 Å². The zero-order valence-electron chi connectivity index (χ0n) is 13.9. The van der Waals surface area contributed by atoms with Gasteiger partial charge in [0.2, 0.25) is 0 Å². The molecular weight excluding hydrogens is 308 g/mol. The number of benzene rings is 1. The molecule has 3 nitrogen and oxygen atoms in total. The fourth-order valence-electron chi connectivity index (χ4n) is 4.09. The molecule has 23 heavy (non-hydrogen) atoms. The second kappa shape index (κ2) is 6.62. The molecule has 1 aliphatic carbocycles. The molecule has 2 heterocycles. The Hall–Kier alpha value is -0.770. The molecule has 0 spiro atoms. The predicted molar refractivity (Wildman–Crippen MR) is 94.1 cm³/mol. The van der Waals surface area contributed by atoms with Crippen molar-refractivity contribution in [1.29, 1.82) is 0 Å². The van der Waals surface area contributed by atoms with Crippen LogP contribution in [0.1, 0.15) is 44.1 Å². The standard InChI is InChI=1S/C19H27ClN2O/c1-22(18-9-16-5-6-17(10-18)21-16)11-14-8-15(20)4-7-19(14)23-12-13-2-3-13/h4,7-8,13,16-18,21H,2-3,5-6,9-12H2,1H3. The van der Waals surface area contributed by atoms with Crippen molar-refractivity contribution >= 4 is 11.6 Å². The predicted octanol–water partition coefficient (Wildman–Crippen LogP) is 3.84. The van der Waals surface area contributed by atoms with Gasteiger partial charge in [0.15, 0.2) is 0 Å². The minimum Gasteiger partial charge on any atom is -0.493 e. The van der Waals surface area contributed by atoms with Crippen LogP contribution in [0.3, 0.4) is 0 Å². The van der Waals surface area contributed by atoms with E-state index in [0.717, 1.165) is 41.9 Å². The van der Waals surface area contributed by atoms with E-state index in [4.69, 9.17) is 16.3 Å². The first-order valence-electron chi connectivity index (χ1n) is 9.05. The Balaban J connectivity index is 1.42. The molecule has 4 rings (SSSR count). The minimum atomic E-state index is 0.670. The Labute approximate surface area is 144 Å². The lowest BCUT2D eigenvalue weighted by Gasteiger charge is -2.35. The number of piperidine rings is 1. The van der Waals surface area contributed by atoms with E-state index in [1.807, 2.05) is 12.1 Å². The molecule has 1 aromatic carbocycles. The lowest BCUT2D eigenvalue weighted by atomic mass is 9.98. The molecule has 0 radical (unpaired) electrons. The van der Waals surface area contributed by atoms with Gasteiger partial charge in [0.05, 0.1) is 6.61 Å². The Bertz CT molecular complexity index is 548. The molecule has 1 N–H and O–H groups in total. The number of nitrogens with one attached hydrogen (secondary N) is 1. The molecule has 4 heteroatoms. The summed E-state index contributed by atoms with van der Waals surface area (Å²) in [5.41, 5.74) is 1.23. The van der Waals surface area contributed by atoms with E-state index in [9.17, 15) is 0 Å². The van der Waals surface area contributed by atoms with Gasteiger partial charge in [-0.3, -0.25) is 4.90 Å². The van der Waals surface area contributed by atoms with Crippen LogP contribution >= 0.6 is 11.6 Å². The largest absolute Gasteiger partial charge is 0.493 e. The van der Waals surface area contributed by atoms with Crippen molar-refractivity contribution in [2.24, 2.45) is 5.92 Å². The summed E-state index contributed by atoms with van der Waals surface area (Å²) in [5, 5.41) is 4.53. The van der Waals surface area contributed by atoms with Crippen LogP contribution in [0.5, 0.6) is 5.75 Å². The maximum atomic E-state index is 6.23. The van der Waals surface area contributed by atoms with Gasteiger partial charge in [0.25, 0.3) is 0 Å². The normalized spacial score (nSPS) is 30.0. The van der Waals surface area contributed by atoms with Crippen LogP contribution in [0.2, 0.25) is 5.02 Å². The molecule has 2 bridgehead atoms. The van der Waals surface area contributed by atoms with E-state index in [1.165, 1.54) is 44.1 Å². The molecule has 1 aromatic rings. The second-order valence-electron chi connectivity index (χ2n) is 7.68. The fourth-order valence-corrected chi connectivity index (χ4v) is 4.28. The molecular formula is C19H27ClN2O. The average molecular weight is 335 g/mol. The maximum absolute atomic E-state index is 6.23. The summed E-state index contributed by atoms with van der Waals surface area (Å²) in [7, 11) is 2.25. The van der Waals surface area contributed by atoms with Crippen molar-refractivity contribution in [1.82, 2.24) is 10.2 Å². The van der Waals surface area contributed by atoms with Crippen molar-refractivity contribution in [2.75, 3.05) is 13.7 Å². The van der Waals surface area contributed by atoms with Crippen molar-refractivity contribution in [3.05, 3.63) is 28.8 Å². The molecule has 2 aliphatic heterocycles. The summed E-state index contributed by atoms with van der Waals surface area (Å²) in [6.45, 7) is 1.78. The number of halogens is 1. The lowest BCUT2D eigenvalue weighted by molar-refractivity contribution is 0.163. The third kappa shape index (κ3) is 3.84. The molecule has 1 saturated carbocycles. The molecule has 0 aromatic heterocycles. The van der Waals surface area contributed by atoms with Crippen molar-refractivity contribution in [2.45, 2.75) is 63.2 Å². The van der Waals surface area contributed by atoms with Crippen LogP contribution in [0.4, 0.5) is 0 Å². The van der Waals surface area contributed by atoms with Gasteiger partial charge in [-0.15, -0.1) is 0 Å². The zero-order valence-corrected chi connectivity index (χ0v) is 14.7. The number of nitrogens with zero attached hydrogens (tertiary/aromatic N) is 1. The average Bonchev–Trinajstić information content (AvgIpc) is 3.30. The second-order valence-corrected chi connectivity index (χ2v) is 8.12. The van der Waals surface area contributed by atoms with Gasteiger partial charge in [0.1, 0.15) is 5.75 Å². The first-order valence-corrected chi connectivity index (χ1v) is 9.42. The van der Waals surface area contributed by atoms with Crippen molar-refractivity contribution in [3.8, 4) is 5.75 Å². The number of rotatable bonds is 6. The first-order chi connectivity index (χ1) is 11.2. The summed E-state index contributed by atoms with van der Waals surface area (Å²) in [6, 6.07) is 8.19. The van der Waals surface area contributed by atoms with Gasteiger partial charge in [-0.05, 0) is 69.7 Å². The highest BCUT2D eigenvalue weighted by Crippen LogP contribution is 2.33. The van der Waals surface area contributed by atoms with Gasteiger partial charge >= 0.3 is 0 Å². The van der Waals surface area contributed by atoms with Crippen LogP contribution in [-0.2, 0) is 6.54 Å². The van der Waals surface area contributed by atoms with Crippen molar-refractivity contribution in [3.63, 3.8) is 0 Å². The van der Waals surface area contributed by atoms with Crippen LogP contribution in [0.15, 0.2) is 18.2 Å². The van der Waals surface area contributed by atoms with E-state index < -0.39 is 0 Å². The highest BCUT2D eigenvalue weighted by Gasteiger charge is 2.35. The smallest absolute Gasteiger partial charge is 0.123 e. The first kappa shape index (κ1) is 15.7. The molecule has 3 fully saturated rings. The van der Waals surface area contributed by atoms with E-state index in [1.54, 1.807) is 0 Å². The summed E-state index contributed by atoms with van der Waals surface area (Å²) in [4.78, 5) is 2.50. The SMILES string of the molecule is CN(Cc1cc(Cl)ccc1OCC1CC1)C1CC2CCC(C1)N2. The summed E-state index contributed by atoms with van der Waals surface area (Å²) < 4.78 is 6.06. The quantitative estimate of drug-likeness (QED) is 0.855. The Morgan fingerprint density at radius 3 is 2.61 bits per heavy atom. The van der Waals surface area contributed by atoms with E-state index in [2.05, 4.69) is 23.3 Å². The van der Waals surface area contributed by atoms with Gasteiger partial charge in [-0.2, -0.15) is 0 Å². The summed E-state index contributed by atoms with van der Waals surface area (Å²) >= 11 is 6.23. The van der Waals surface area contributed by atoms with E-state index in [0.29, 0.717) is 6.04 Å². The Kier molecular flexibility index (Phi) is 4.53. The monoisotopic (exact) mass is 334 g/mol. The summed E-state index contributed by atoms with van der Waals surface area (Å²) in [6.07, 6.45) is 7.88. The topological polar surface area (TPSA) is 24.5 Å². The fraction of sp³-hybridized carbons (Fsp3) is 0.684. The molecule has 2 unspecified atom stereocenters. The molecule has 2 atom stereocenters. The minimum absolute atomic E-state index is 0.670. The van der Waals surface area contributed by atoms with Gasteiger partial charge < -0.3 is 10.1 Å². The molecule has 3 aliphatic rings. The number of hydrogen-bond donors (Lipinski definition) is 1. The van der Waals surface area contributed by atoms with Crippen LogP contribution in [0.25, 0.3) is 0 Å². The van der Waals surface area contributed by atoms with Crippen LogP contribution < -0.4 is 10.1 Å². The Morgan fingerprint density at radius 1 is 1.17 bits per heavy atom. The highest BCUT2D eigenvalue weighted by atomic mass is 35.5. The maximum Gasteiger partial charge on any atom is 0.123 e.